The van der Waals surface area contributed by atoms with Gasteiger partial charge in [-0.05, 0) is 72.6 Å². The first kappa shape index (κ1) is 27.8. The molecule has 0 rings (SSSR count). The van der Waals surface area contributed by atoms with Crippen LogP contribution in [0.15, 0.2) is 23.3 Å². The van der Waals surface area contributed by atoms with Gasteiger partial charge in [0.25, 0.3) is 0 Å². The van der Waals surface area contributed by atoms with Gasteiger partial charge in [0.15, 0.2) is 0 Å². The first-order valence-electron chi connectivity index (χ1n) is 10.0. The number of hydrogen-bond donors (Lipinski definition) is 2. The van der Waals surface area contributed by atoms with E-state index in [0.29, 0.717) is 12.5 Å². The SMILES string of the molecule is CC(C)=CCCC(C)=CCCC(C)CCOCP(=O)(CP(=O)(O)O)OC(C)C. The normalized spacial score (nSPS) is 16.1. The Hall–Kier alpha value is -0.220. The Kier molecular flexibility index (Phi) is 13.8. The van der Waals surface area contributed by atoms with Gasteiger partial charge in [0.05, 0.1) is 6.10 Å². The molecule has 0 bridgehead atoms. The van der Waals surface area contributed by atoms with E-state index in [2.05, 4.69) is 39.8 Å². The maximum absolute atomic E-state index is 12.6. The summed E-state index contributed by atoms with van der Waals surface area (Å²) in [5.41, 5.74) is 2.76. The molecule has 0 aliphatic heterocycles. The lowest BCUT2D eigenvalue weighted by molar-refractivity contribution is 0.140. The lowest BCUT2D eigenvalue weighted by Crippen LogP contribution is -2.10. The van der Waals surface area contributed by atoms with Crippen molar-refractivity contribution >= 4 is 15.0 Å². The average molecular weight is 438 g/mol. The van der Waals surface area contributed by atoms with E-state index in [9.17, 15) is 9.13 Å². The average Bonchev–Trinajstić information content (AvgIpc) is 2.48. The van der Waals surface area contributed by atoms with Gasteiger partial charge in [-0.2, -0.15) is 0 Å². The summed E-state index contributed by atoms with van der Waals surface area (Å²) in [4.78, 5) is 18.3. The third kappa shape index (κ3) is 16.7. The molecule has 0 spiro atoms. The predicted octanol–water partition coefficient (Wildman–Crippen LogP) is 6.30. The van der Waals surface area contributed by atoms with Gasteiger partial charge >= 0.3 is 7.60 Å². The predicted molar refractivity (Wildman–Crippen MR) is 117 cm³/mol. The maximum atomic E-state index is 12.6. The minimum Gasteiger partial charge on any atom is -0.371 e. The van der Waals surface area contributed by atoms with Crippen molar-refractivity contribution in [1.82, 2.24) is 0 Å². The van der Waals surface area contributed by atoms with Crippen molar-refractivity contribution in [3.05, 3.63) is 23.3 Å². The van der Waals surface area contributed by atoms with E-state index in [0.717, 1.165) is 32.1 Å². The Morgan fingerprint density at radius 3 is 2.18 bits per heavy atom. The molecular formula is C20H40O6P2. The molecule has 0 aromatic rings. The molecule has 0 saturated heterocycles. The summed E-state index contributed by atoms with van der Waals surface area (Å²) in [6.07, 6.45) is 8.96. The molecule has 6 nitrogen and oxygen atoms in total. The minimum atomic E-state index is -4.43. The zero-order chi connectivity index (χ0) is 21.8. The van der Waals surface area contributed by atoms with Crippen LogP contribution in [-0.4, -0.2) is 34.7 Å². The van der Waals surface area contributed by atoms with E-state index in [1.165, 1.54) is 11.1 Å². The van der Waals surface area contributed by atoms with Gasteiger partial charge in [-0.1, -0.05) is 30.2 Å². The molecule has 0 aromatic carbocycles. The van der Waals surface area contributed by atoms with Gasteiger partial charge < -0.3 is 19.0 Å². The largest absolute Gasteiger partial charge is 0.371 e. The first-order valence-corrected chi connectivity index (χ1v) is 13.8. The highest BCUT2D eigenvalue weighted by Crippen LogP contribution is 2.58. The lowest BCUT2D eigenvalue weighted by atomic mass is 10.0. The fourth-order valence-electron chi connectivity index (χ4n) is 2.71. The Morgan fingerprint density at radius 1 is 1.00 bits per heavy atom. The van der Waals surface area contributed by atoms with Crippen LogP contribution < -0.4 is 0 Å². The van der Waals surface area contributed by atoms with Crippen LogP contribution in [0.1, 0.15) is 73.6 Å². The number of allylic oxidation sites excluding steroid dienone is 4. The van der Waals surface area contributed by atoms with E-state index in [1.54, 1.807) is 13.8 Å². The fraction of sp³-hybridized carbons (Fsp3) is 0.800. The molecule has 0 aromatic heterocycles. The van der Waals surface area contributed by atoms with Crippen LogP contribution in [0.5, 0.6) is 0 Å². The molecule has 0 saturated carbocycles. The second kappa shape index (κ2) is 13.9. The molecular weight excluding hydrogens is 398 g/mol. The Labute approximate surface area is 171 Å². The van der Waals surface area contributed by atoms with Gasteiger partial charge in [0, 0.05) is 6.61 Å². The van der Waals surface area contributed by atoms with Crippen molar-refractivity contribution in [2.45, 2.75) is 79.8 Å². The van der Waals surface area contributed by atoms with Crippen LogP contribution in [0.25, 0.3) is 0 Å². The highest BCUT2D eigenvalue weighted by molar-refractivity contribution is 7.73. The van der Waals surface area contributed by atoms with Gasteiger partial charge in [0.1, 0.15) is 12.3 Å². The van der Waals surface area contributed by atoms with E-state index < -0.39 is 20.9 Å². The Bertz CT molecular complexity index is 588. The number of hydrogen-bond acceptors (Lipinski definition) is 4. The van der Waals surface area contributed by atoms with Gasteiger partial charge in [-0.15, -0.1) is 0 Å². The van der Waals surface area contributed by atoms with Crippen LogP contribution in [0, 0.1) is 5.92 Å². The Morgan fingerprint density at radius 2 is 1.64 bits per heavy atom. The Balaban J connectivity index is 4.21. The monoisotopic (exact) mass is 438 g/mol. The van der Waals surface area contributed by atoms with Crippen LogP contribution in [-0.2, 0) is 18.4 Å². The summed E-state index contributed by atoms with van der Waals surface area (Å²) in [5.74, 6) is -0.320. The maximum Gasteiger partial charge on any atom is 0.335 e. The molecule has 2 atom stereocenters. The summed E-state index contributed by atoms with van der Waals surface area (Å²) < 4.78 is 34.6. The molecule has 0 amide bonds. The summed E-state index contributed by atoms with van der Waals surface area (Å²) in [5, 5.41) is 0. The molecule has 0 heterocycles. The molecule has 2 N–H and O–H groups in total. The number of ether oxygens (including phenoxy) is 1. The topological polar surface area (TPSA) is 93.1 Å². The van der Waals surface area contributed by atoms with Gasteiger partial charge in [0.2, 0.25) is 7.37 Å². The van der Waals surface area contributed by atoms with Crippen molar-refractivity contribution in [1.29, 1.82) is 0 Å². The van der Waals surface area contributed by atoms with Crippen LogP contribution in [0.4, 0.5) is 0 Å². The highest BCUT2D eigenvalue weighted by Gasteiger charge is 2.34. The second-order valence-electron chi connectivity index (χ2n) is 8.15. The number of rotatable bonds is 15. The van der Waals surface area contributed by atoms with Crippen LogP contribution in [0.2, 0.25) is 0 Å². The van der Waals surface area contributed by atoms with Crippen LogP contribution >= 0.6 is 15.0 Å². The van der Waals surface area contributed by atoms with Gasteiger partial charge in [-0.3, -0.25) is 9.13 Å². The smallest absolute Gasteiger partial charge is 0.335 e. The van der Waals surface area contributed by atoms with Crippen molar-refractivity contribution in [2.24, 2.45) is 5.92 Å². The van der Waals surface area contributed by atoms with E-state index in [4.69, 9.17) is 19.0 Å². The standard InChI is InChI=1S/C20H40O6P2/c1-17(2)9-7-10-19(5)11-8-12-20(6)13-14-25-15-27(21,26-18(3)4)16-28(22,23)24/h9,11,18,20H,7-8,10,12-16H2,1-6H3,(H2,22,23,24). The lowest BCUT2D eigenvalue weighted by Gasteiger charge is -2.21. The van der Waals surface area contributed by atoms with Crippen LogP contribution in [0.3, 0.4) is 0 Å². The molecule has 0 aliphatic rings. The molecule has 28 heavy (non-hydrogen) atoms. The van der Waals surface area contributed by atoms with Crippen molar-refractivity contribution < 1.29 is 28.2 Å². The van der Waals surface area contributed by atoms with Crippen molar-refractivity contribution in [3.63, 3.8) is 0 Å². The summed E-state index contributed by atoms with van der Waals surface area (Å²) in [6.45, 7) is 12.3. The van der Waals surface area contributed by atoms with E-state index >= 15 is 0 Å². The molecule has 2 unspecified atom stereocenters. The molecule has 0 radical (unpaired) electrons. The molecule has 8 heteroatoms. The van der Waals surface area contributed by atoms with E-state index in [-0.39, 0.29) is 12.5 Å². The first-order chi connectivity index (χ1) is 12.8. The molecule has 0 aliphatic carbocycles. The summed E-state index contributed by atoms with van der Waals surface area (Å²) in [6, 6.07) is 0. The summed E-state index contributed by atoms with van der Waals surface area (Å²) in [7, 11) is -7.94. The van der Waals surface area contributed by atoms with Crippen molar-refractivity contribution in [3.8, 4) is 0 Å². The quantitative estimate of drug-likeness (QED) is 0.177. The fourth-order valence-corrected chi connectivity index (χ4v) is 6.78. The molecule has 166 valence electrons. The third-order valence-corrected chi connectivity index (χ3v) is 8.67. The van der Waals surface area contributed by atoms with E-state index in [1.807, 2.05) is 0 Å². The zero-order valence-electron chi connectivity index (χ0n) is 18.4. The highest BCUT2D eigenvalue weighted by atomic mass is 31.2. The molecule has 0 fully saturated rings. The zero-order valence-corrected chi connectivity index (χ0v) is 20.2. The van der Waals surface area contributed by atoms with Crippen molar-refractivity contribution in [2.75, 3.05) is 18.9 Å². The van der Waals surface area contributed by atoms with Gasteiger partial charge in [-0.25, -0.2) is 0 Å². The minimum absolute atomic E-state index is 0.258. The second-order valence-corrected chi connectivity index (χ2v) is 12.7. The third-order valence-electron chi connectivity index (χ3n) is 4.09. The summed E-state index contributed by atoms with van der Waals surface area (Å²) >= 11 is 0.